The van der Waals surface area contributed by atoms with Gasteiger partial charge in [-0.05, 0) is 43.5 Å². The Hall–Kier alpha value is -1.92. The number of amides is 2. The SMILES string of the molecule is O=C(Nc1ccc(C(=O)N2CCC(N3CCNCC3)C2)cc1)C1CC1. The quantitative estimate of drug-likeness (QED) is 0.862. The van der Waals surface area contributed by atoms with Crippen molar-refractivity contribution in [1.82, 2.24) is 15.1 Å². The summed E-state index contributed by atoms with van der Waals surface area (Å²) in [5.41, 5.74) is 1.47. The third-order valence-corrected chi connectivity index (χ3v) is 5.47. The minimum atomic E-state index is 0.0949. The van der Waals surface area contributed by atoms with E-state index in [1.807, 2.05) is 29.2 Å². The topological polar surface area (TPSA) is 64.7 Å². The summed E-state index contributed by atoms with van der Waals surface area (Å²) in [5, 5.41) is 6.29. The number of nitrogens with zero attached hydrogens (tertiary/aromatic N) is 2. The zero-order valence-electron chi connectivity index (χ0n) is 14.5. The molecule has 3 aliphatic rings. The summed E-state index contributed by atoms with van der Waals surface area (Å²) in [6.45, 7) is 5.87. The molecule has 1 aliphatic carbocycles. The van der Waals surface area contributed by atoms with Crippen LogP contribution >= 0.6 is 0 Å². The molecule has 134 valence electrons. The predicted octanol–water partition coefficient (Wildman–Crippen LogP) is 1.15. The molecule has 4 rings (SSSR count). The van der Waals surface area contributed by atoms with Crippen molar-refractivity contribution in [1.29, 1.82) is 0 Å². The molecule has 0 bridgehead atoms. The number of nitrogens with one attached hydrogen (secondary N) is 2. The van der Waals surface area contributed by atoms with Crippen LogP contribution in [-0.4, -0.2) is 66.9 Å². The fourth-order valence-corrected chi connectivity index (χ4v) is 3.74. The van der Waals surface area contributed by atoms with E-state index in [-0.39, 0.29) is 17.7 Å². The average molecular weight is 342 g/mol. The first-order valence-corrected chi connectivity index (χ1v) is 9.36. The summed E-state index contributed by atoms with van der Waals surface area (Å²) in [6.07, 6.45) is 3.04. The minimum Gasteiger partial charge on any atom is -0.337 e. The van der Waals surface area contributed by atoms with Gasteiger partial charge in [0.05, 0.1) is 0 Å². The second kappa shape index (κ2) is 7.14. The van der Waals surface area contributed by atoms with Crippen molar-refractivity contribution in [2.75, 3.05) is 44.6 Å². The van der Waals surface area contributed by atoms with E-state index in [1.54, 1.807) is 0 Å². The van der Waals surface area contributed by atoms with E-state index in [2.05, 4.69) is 15.5 Å². The zero-order valence-corrected chi connectivity index (χ0v) is 14.5. The second-order valence-electron chi connectivity index (χ2n) is 7.32. The lowest BCUT2D eigenvalue weighted by Crippen LogP contribution is -2.49. The van der Waals surface area contributed by atoms with Gasteiger partial charge in [0.1, 0.15) is 0 Å². The molecule has 2 saturated heterocycles. The number of piperazine rings is 1. The number of carbonyl (C=O) groups is 2. The number of hydrogen-bond acceptors (Lipinski definition) is 4. The van der Waals surface area contributed by atoms with Crippen LogP contribution in [0.15, 0.2) is 24.3 Å². The Morgan fingerprint density at radius 2 is 1.72 bits per heavy atom. The van der Waals surface area contributed by atoms with Crippen molar-refractivity contribution in [2.24, 2.45) is 5.92 Å². The van der Waals surface area contributed by atoms with Gasteiger partial charge in [-0.3, -0.25) is 14.5 Å². The van der Waals surface area contributed by atoms with E-state index in [4.69, 9.17) is 0 Å². The summed E-state index contributed by atoms with van der Waals surface area (Å²) in [5.74, 6) is 0.378. The van der Waals surface area contributed by atoms with E-state index in [1.165, 1.54) is 0 Å². The molecule has 2 heterocycles. The molecule has 0 spiro atoms. The molecular weight excluding hydrogens is 316 g/mol. The second-order valence-corrected chi connectivity index (χ2v) is 7.32. The fraction of sp³-hybridized carbons (Fsp3) is 0.579. The molecule has 1 saturated carbocycles. The first-order valence-electron chi connectivity index (χ1n) is 9.36. The van der Waals surface area contributed by atoms with E-state index < -0.39 is 0 Å². The maximum atomic E-state index is 12.7. The van der Waals surface area contributed by atoms with E-state index >= 15 is 0 Å². The van der Waals surface area contributed by atoms with Crippen LogP contribution in [0.3, 0.4) is 0 Å². The normalized spacial score (nSPS) is 24.3. The molecular formula is C19H26N4O2. The van der Waals surface area contributed by atoms with Crippen LogP contribution in [0.1, 0.15) is 29.6 Å². The Balaban J connectivity index is 1.33. The third kappa shape index (κ3) is 3.85. The molecule has 2 aliphatic heterocycles. The Labute approximate surface area is 148 Å². The molecule has 1 aromatic rings. The van der Waals surface area contributed by atoms with Gasteiger partial charge < -0.3 is 15.5 Å². The summed E-state index contributed by atoms with van der Waals surface area (Å²) < 4.78 is 0. The van der Waals surface area contributed by atoms with E-state index in [0.717, 1.165) is 64.2 Å². The smallest absolute Gasteiger partial charge is 0.253 e. The van der Waals surface area contributed by atoms with Gasteiger partial charge in [0.25, 0.3) is 5.91 Å². The maximum absolute atomic E-state index is 12.7. The Bertz CT molecular complexity index is 635. The van der Waals surface area contributed by atoms with Crippen LogP contribution < -0.4 is 10.6 Å². The lowest BCUT2D eigenvalue weighted by atomic mass is 10.1. The molecule has 0 aromatic heterocycles. The lowest BCUT2D eigenvalue weighted by Gasteiger charge is -2.32. The monoisotopic (exact) mass is 342 g/mol. The van der Waals surface area contributed by atoms with Crippen LogP contribution in [0.2, 0.25) is 0 Å². The van der Waals surface area contributed by atoms with Crippen molar-refractivity contribution < 1.29 is 9.59 Å². The van der Waals surface area contributed by atoms with Crippen LogP contribution in [0.5, 0.6) is 0 Å². The fourth-order valence-electron chi connectivity index (χ4n) is 3.74. The van der Waals surface area contributed by atoms with Gasteiger partial charge in [0.2, 0.25) is 5.91 Å². The van der Waals surface area contributed by atoms with Crippen molar-refractivity contribution in [3.63, 3.8) is 0 Å². The van der Waals surface area contributed by atoms with Gasteiger partial charge in [-0.1, -0.05) is 0 Å². The van der Waals surface area contributed by atoms with Gasteiger partial charge in [0.15, 0.2) is 0 Å². The summed E-state index contributed by atoms with van der Waals surface area (Å²) in [4.78, 5) is 29.0. The van der Waals surface area contributed by atoms with Crippen molar-refractivity contribution in [2.45, 2.75) is 25.3 Å². The van der Waals surface area contributed by atoms with Gasteiger partial charge >= 0.3 is 0 Å². The molecule has 1 atom stereocenters. The number of hydrogen-bond donors (Lipinski definition) is 2. The summed E-state index contributed by atoms with van der Waals surface area (Å²) in [7, 11) is 0. The zero-order chi connectivity index (χ0) is 17.2. The molecule has 2 amide bonds. The van der Waals surface area contributed by atoms with Crippen molar-refractivity contribution in [3.8, 4) is 0 Å². The predicted molar refractivity (Wildman–Crippen MR) is 96.5 cm³/mol. The maximum Gasteiger partial charge on any atom is 0.253 e. The molecule has 3 fully saturated rings. The van der Waals surface area contributed by atoms with E-state index in [0.29, 0.717) is 11.6 Å². The number of benzene rings is 1. The average Bonchev–Trinajstić information content (AvgIpc) is 3.39. The van der Waals surface area contributed by atoms with Crippen molar-refractivity contribution >= 4 is 17.5 Å². The van der Waals surface area contributed by atoms with Gasteiger partial charge in [-0.2, -0.15) is 0 Å². The largest absolute Gasteiger partial charge is 0.337 e. The first-order chi connectivity index (χ1) is 12.2. The number of anilines is 1. The first kappa shape index (κ1) is 16.5. The van der Waals surface area contributed by atoms with Crippen molar-refractivity contribution in [3.05, 3.63) is 29.8 Å². The molecule has 6 nitrogen and oxygen atoms in total. The molecule has 1 unspecified atom stereocenters. The highest BCUT2D eigenvalue weighted by molar-refractivity contribution is 5.97. The van der Waals surface area contributed by atoms with Crippen LogP contribution in [0.25, 0.3) is 0 Å². The third-order valence-electron chi connectivity index (χ3n) is 5.47. The highest BCUT2D eigenvalue weighted by atomic mass is 16.2. The Morgan fingerprint density at radius 3 is 2.40 bits per heavy atom. The summed E-state index contributed by atoms with van der Waals surface area (Å²) >= 11 is 0. The number of carbonyl (C=O) groups excluding carboxylic acids is 2. The molecule has 1 aromatic carbocycles. The molecule has 0 radical (unpaired) electrons. The number of rotatable bonds is 4. The number of likely N-dealkylation sites (tertiary alicyclic amines) is 1. The summed E-state index contributed by atoms with van der Waals surface area (Å²) in [6, 6.07) is 7.80. The van der Waals surface area contributed by atoms with Gasteiger partial charge in [-0.25, -0.2) is 0 Å². The molecule has 6 heteroatoms. The van der Waals surface area contributed by atoms with Crippen LogP contribution in [0, 0.1) is 5.92 Å². The Morgan fingerprint density at radius 1 is 1.00 bits per heavy atom. The highest BCUT2D eigenvalue weighted by Gasteiger charge is 2.32. The molecule has 25 heavy (non-hydrogen) atoms. The van der Waals surface area contributed by atoms with Crippen LogP contribution in [-0.2, 0) is 4.79 Å². The Kier molecular flexibility index (Phi) is 4.72. The van der Waals surface area contributed by atoms with E-state index in [9.17, 15) is 9.59 Å². The lowest BCUT2D eigenvalue weighted by molar-refractivity contribution is -0.117. The standard InChI is InChI=1S/C19H26N4O2/c24-18(14-1-2-14)21-16-5-3-15(4-6-16)19(25)23-10-7-17(13-23)22-11-8-20-9-12-22/h3-6,14,17,20H,1-2,7-13H2,(H,21,24). The molecule has 2 N–H and O–H groups in total. The van der Waals surface area contributed by atoms with Gasteiger partial charge in [-0.15, -0.1) is 0 Å². The van der Waals surface area contributed by atoms with Gasteiger partial charge in [0, 0.05) is 62.5 Å². The highest BCUT2D eigenvalue weighted by Crippen LogP contribution is 2.30. The minimum absolute atomic E-state index is 0.0949. The van der Waals surface area contributed by atoms with Crippen LogP contribution in [0.4, 0.5) is 5.69 Å².